The van der Waals surface area contributed by atoms with E-state index in [-0.39, 0.29) is 12.1 Å². The number of likely N-dealkylation sites (tertiary alicyclic amines) is 1. The summed E-state index contributed by atoms with van der Waals surface area (Å²) in [5.41, 5.74) is 1.07. The Morgan fingerprint density at radius 3 is 2.87 bits per heavy atom. The van der Waals surface area contributed by atoms with Crippen LogP contribution in [0.15, 0.2) is 24.3 Å². The molecule has 1 saturated heterocycles. The molecule has 1 aromatic carbocycles. The SMILES string of the molecule is CCOC(=O)N1CCC(NC(C)c2nc3ccccc3s2)CC1. The van der Waals surface area contributed by atoms with Gasteiger partial charge in [-0.1, -0.05) is 12.1 Å². The highest BCUT2D eigenvalue weighted by Crippen LogP contribution is 2.27. The van der Waals surface area contributed by atoms with E-state index in [1.54, 1.807) is 16.2 Å². The number of ether oxygens (including phenoxy) is 1. The van der Waals surface area contributed by atoms with Gasteiger partial charge in [-0.15, -0.1) is 11.3 Å². The number of carbonyl (C=O) groups excluding carboxylic acids is 1. The molecule has 1 N–H and O–H groups in total. The van der Waals surface area contributed by atoms with E-state index in [0.29, 0.717) is 12.6 Å². The normalized spacial score (nSPS) is 17.4. The lowest BCUT2D eigenvalue weighted by molar-refractivity contribution is 0.0943. The lowest BCUT2D eigenvalue weighted by Crippen LogP contribution is -2.45. The van der Waals surface area contributed by atoms with Crippen LogP contribution < -0.4 is 5.32 Å². The third-order valence-electron chi connectivity index (χ3n) is 4.19. The van der Waals surface area contributed by atoms with Crippen molar-refractivity contribution in [3.05, 3.63) is 29.3 Å². The van der Waals surface area contributed by atoms with Gasteiger partial charge in [-0.25, -0.2) is 9.78 Å². The first-order valence-electron chi connectivity index (χ1n) is 8.20. The van der Waals surface area contributed by atoms with Crippen LogP contribution in [0, 0.1) is 0 Å². The molecule has 0 bridgehead atoms. The summed E-state index contributed by atoms with van der Waals surface area (Å²) in [5.74, 6) is 0. The number of thiazole rings is 1. The van der Waals surface area contributed by atoms with Crippen molar-refractivity contribution < 1.29 is 9.53 Å². The molecule has 0 radical (unpaired) electrons. The van der Waals surface area contributed by atoms with Gasteiger partial charge < -0.3 is 15.0 Å². The summed E-state index contributed by atoms with van der Waals surface area (Å²) in [7, 11) is 0. The van der Waals surface area contributed by atoms with E-state index in [0.717, 1.165) is 36.5 Å². The van der Waals surface area contributed by atoms with Gasteiger partial charge in [-0.2, -0.15) is 0 Å². The van der Waals surface area contributed by atoms with Crippen LogP contribution in [0.25, 0.3) is 10.2 Å². The fourth-order valence-corrected chi connectivity index (χ4v) is 3.92. The minimum absolute atomic E-state index is 0.190. The van der Waals surface area contributed by atoms with E-state index < -0.39 is 0 Å². The van der Waals surface area contributed by atoms with Crippen LogP contribution in [0.3, 0.4) is 0 Å². The van der Waals surface area contributed by atoms with E-state index >= 15 is 0 Å². The zero-order valence-corrected chi connectivity index (χ0v) is 14.4. The van der Waals surface area contributed by atoms with Crippen molar-refractivity contribution in [1.29, 1.82) is 0 Å². The van der Waals surface area contributed by atoms with E-state index in [9.17, 15) is 4.79 Å². The van der Waals surface area contributed by atoms with Crippen LogP contribution in [0.1, 0.15) is 37.7 Å². The molecule has 0 aliphatic carbocycles. The highest BCUT2D eigenvalue weighted by Gasteiger charge is 2.25. The Balaban J connectivity index is 1.55. The van der Waals surface area contributed by atoms with E-state index in [1.165, 1.54) is 4.70 Å². The number of amides is 1. The minimum Gasteiger partial charge on any atom is -0.450 e. The van der Waals surface area contributed by atoms with Crippen molar-refractivity contribution in [2.75, 3.05) is 19.7 Å². The van der Waals surface area contributed by atoms with Gasteiger partial charge >= 0.3 is 6.09 Å². The predicted octanol–water partition coefficient (Wildman–Crippen LogP) is 3.57. The second kappa shape index (κ2) is 7.27. The van der Waals surface area contributed by atoms with Gasteiger partial charge in [0.05, 0.1) is 22.9 Å². The predicted molar refractivity (Wildman–Crippen MR) is 92.8 cm³/mol. The molecule has 0 spiro atoms. The van der Waals surface area contributed by atoms with Gasteiger partial charge in [-0.3, -0.25) is 0 Å². The summed E-state index contributed by atoms with van der Waals surface area (Å²) >= 11 is 1.75. The quantitative estimate of drug-likeness (QED) is 0.929. The first-order chi connectivity index (χ1) is 11.2. The van der Waals surface area contributed by atoms with Crippen molar-refractivity contribution in [3.8, 4) is 0 Å². The number of piperidine rings is 1. The van der Waals surface area contributed by atoms with Crippen LogP contribution in [0.5, 0.6) is 0 Å². The van der Waals surface area contributed by atoms with Crippen LogP contribution in [-0.4, -0.2) is 41.7 Å². The molecule has 0 saturated carbocycles. The fourth-order valence-electron chi connectivity index (χ4n) is 2.94. The maximum absolute atomic E-state index is 11.7. The summed E-state index contributed by atoms with van der Waals surface area (Å²) in [6.45, 7) is 5.94. The van der Waals surface area contributed by atoms with Crippen LogP contribution in [0.2, 0.25) is 0 Å². The Hall–Kier alpha value is -1.66. The van der Waals surface area contributed by atoms with Gasteiger partial charge in [-0.05, 0) is 38.8 Å². The molecule has 124 valence electrons. The number of nitrogens with one attached hydrogen (secondary N) is 1. The van der Waals surface area contributed by atoms with Gasteiger partial charge in [0.1, 0.15) is 5.01 Å². The Labute approximate surface area is 140 Å². The molecule has 2 aromatic rings. The smallest absolute Gasteiger partial charge is 0.409 e. The van der Waals surface area contributed by atoms with Gasteiger partial charge in [0.25, 0.3) is 0 Å². The topological polar surface area (TPSA) is 54.5 Å². The average molecular weight is 333 g/mol. The number of fused-ring (bicyclic) bond motifs is 1. The van der Waals surface area contributed by atoms with E-state index in [2.05, 4.69) is 24.4 Å². The first kappa shape index (κ1) is 16.2. The molecule has 1 unspecified atom stereocenters. The standard InChI is InChI=1S/C17H23N3O2S/c1-3-22-17(21)20-10-8-13(9-11-20)18-12(2)16-19-14-6-4-5-7-15(14)23-16/h4-7,12-13,18H,3,8-11H2,1-2H3. The Kier molecular flexibility index (Phi) is 5.13. The minimum atomic E-state index is -0.190. The highest BCUT2D eigenvalue weighted by molar-refractivity contribution is 7.18. The summed E-state index contributed by atoms with van der Waals surface area (Å²) in [6.07, 6.45) is 1.72. The lowest BCUT2D eigenvalue weighted by Gasteiger charge is -2.32. The van der Waals surface area contributed by atoms with Crippen LogP contribution in [-0.2, 0) is 4.74 Å². The van der Waals surface area contributed by atoms with Gasteiger partial charge in [0.15, 0.2) is 0 Å². The maximum Gasteiger partial charge on any atom is 0.409 e. The van der Waals surface area contributed by atoms with Crippen LogP contribution in [0.4, 0.5) is 4.79 Å². The second-order valence-electron chi connectivity index (χ2n) is 5.87. The zero-order chi connectivity index (χ0) is 16.2. The number of para-hydroxylation sites is 1. The first-order valence-corrected chi connectivity index (χ1v) is 9.02. The monoisotopic (exact) mass is 333 g/mol. The molecular weight excluding hydrogens is 310 g/mol. The summed E-state index contributed by atoms with van der Waals surface area (Å²) in [6, 6.07) is 8.89. The average Bonchev–Trinajstić information content (AvgIpc) is 3.00. The molecule has 1 aliphatic heterocycles. The molecular formula is C17H23N3O2S. The molecule has 2 heterocycles. The number of hydrogen-bond acceptors (Lipinski definition) is 5. The number of nitrogens with zero attached hydrogens (tertiary/aromatic N) is 2. The number of rotatable bonds is 4. The van der Waals surface area contributed by atoms with Crippen molar-refractivity contribution in [1.82, 2.24) is 15.2 Å². The lowest BCUT2D eigenvalue weighted by atomic mass is 10.0. The van der Waals surface area contributed by atoms with Crippen molar-refractivity contribution in [3.63, 3.8) is 0 Å². The molecule has 1 aromatic heterocycles. The summed E-state index contributed by atoms with van der Waals surface area (Å²) < 4.78 is 6.29. The summed E-state index contributed by atoms with van der Waals surface area (Å²) in [4.78, 5) is 18.2. The number of benzene rings is 1. The number of hydrogen-bond donors (Lipinski definition) is 1. The molecule has 1 atom stereocenters. The zero-order valence-electron chi connectivity index (χ0n) is 13.6. The van der Waals surface area contributed by atoms with Crippen molar-refractivity contribution >= 4 is 27.6 Å². The number of carbonyl (C=O) groups is 1. The van der Waals surface area contributed by atoms with Gasteiger partial charge in [0.2, 0.25) is 0 Å². The summed E-state index contributed by atoms with van der Waals surface area (Å²) in [5, 5.41) is 4.78. The van der Waals surface area contributed by atoms with Crippen molar-refractivity contribution in [2.24, 2.45) is 0 Å². The van der Waals surface area contributed by atoms with E-state index in [4.69, 9.17) is 9.72 Å². The molecule has 1 fully saturated rings. The molecule has 23 heavy (non-hydrogen) atoms. The second-order valence-corrected chi connectivity index (χ2v) is 6.93. The van der Waals surface area contributed by atoms with Crippen molar-refractivity contribution in [2.45, 2.75) is 38.8 Å². The molecule has 5 nitrogen and oxygen atoms in total. The van der Waals surface area contributed by atoms with Gasteiger partial charge in [0, 0.05) is 19.1 Å². The molecule has 3 rings (SSSR count). The fraction of sp³-hybridized carbons (Fsp3) is 0.529. The highest BCUT2D eigenvalue weighted by atomic mass is 32.1. The molecule has 6 heteroatoms. The Morgan fingerprint density at radius 1 is 1.43 bits per heavy atom. The molecule has 1 aliphatic rings. The third kappa shape index (κ3) is 3.82. The third-order valence-corrected chi connectivity index (χ3v) is 5.41. The Bertz CT molecular complexity index is 632. The Morgan fingerprint density at radius 2 is 2.17 bits per heavy atom. The van der Waals surface area contributed by atoms with Crippen LogP contribution >= 0.6 is 11.3 Å². The number of aromatic nitrogens is 1. The largest absolute Gasteiger partial charge is 0.450 e. The molecule has 1 amide bonds. The maximum atomic E-state index is 11.7. The van der Waals surface area contributed by atoms with E-state index in [1.807, 2.05) is 19.1 Å².